The van der Waals surface area contributed by atoms with E-state index < -0.39 is 0 Å². The molecule has 4 heteroatoms. The highest BCUT2D eigenvalue weighted by atomic mass is 16.5. The van der Waals surface area contributed by atoms with E-state index in [4.69, 9.17) is 9.47 Å². The Balaban J connectivity index is 1.48. The van der Waals surface area contributed by atoms with Gasteiger partial charge in [0, 0.05) is 23.5 Å². The Morgan fingerprint density at radius 1 is 0.683 bits per heavy atom. The zero-order valence-electron chi connectivity index (χ0n) is 26.3. The third-order valence-corrected chi connectivity index (χ3v) is 7.73. The smallest absolute Gasteiger partial charge is 0.187 e. The summed E-state index contributed by atoms with van der Waals surface area (Å²) in [5, 5.41) is 3.17. The summed E-state index contributed by atoms with van der Waals surface area (Å²) in [6, 6.07) is 15.2. The van der Waals surface area contributed by atoms with Crippen molar-refractivity contribution < 1.29 is 14.3 Å². The maximum absolute atomic E-state index is 12.5. The number of unbranched alkanes of at least 4 members (excludes halogenated alkanes) is 14. The number of hydrogen-bond acceptors (Lipinski definition) is 4. The van der Waals surface area contributed by atoms with Crippen LogP contribution in [0.15, 0.2) is 60.8 Å². The monoisotopic (exact) mass is 563 g/mol. The SMILES string of the molecule is CCCCCCCCCCCCCCCCCOc1ccc(N/C=C/C(=O)c2ccc(OC[C@H](C)CC)cc2)cc1. The minimum absolute atomic E-state index is 0.0468. The van der Waals surface area contributed by atoms with Crippen molar-refractivity contribution in [3.8, 4) is 11.5 Å². The number of hydrogen-bond donors (Lipinski definition) is 1. The molecule has 41 heavy (non-hydrogen) atoms. The highest BCUT2D eigenvalue weighted by Gasteiger charge is 2.04. The number of carbonyl (C=O) groups is 1. The van der Waals surface area contributed by atoms with Crippen LogP contribution in [-0.4, -0.2) is 19.0 Å². The molecule has 2 rings (SSSR count). The van der Waals surface area contributed by atoms with E-state index in [-0.39, 0.29) is 5.78 Å². The van der Waals surface area contributed by atoms with Crippen LogP contribution < -0.4 is 14.8 Å². The van der Waals surface area contributed by atoms with Gasteiger partial charge in [-0.1, -0.05) is 117 Å². The minimum Gasteiger partial charge on any atom is -0.494 e. The van der Waals surface area contributed by atoms with Crippen LogP contribution in [-0.2, 0) is 0 Å². The Hall–Kier alpha value is -2.75. The van der Waals surface area contributed by atoms with E-state index >= 15 is 0 Å². The van der Waals surface area contributed by atoms with Gasteiger partial charge in [-0.25, -0.2) is 0 Å². The second-order valence-electron chi connectivity index (χ2n) is 11.5. The van der Waals surface area contributed by atoms with Gasteiger partial charge in [-0.05, 0) is 60.9 Å². The van der Waals surface area contributed by atoms with Gasteiger partial charge in [0.1, 0.15) is 11.5 Å². The molecule has 1 N–H and O–H groups in total. The van der Waals surface area contributed by atoms with Crippen molar-refractivity contribution in [3.63, 3.8) is 0 Å². The molecule has 2 aromatic rings. The summed E-state index contributed by atoms with van der Waals surface area (Å²) >= 11 is 0. The van der Waals surface area contributed by atoms with Gasteiger partial charge in [0.25, 0.3) is 0 Å². The third-order valence-electron chi connectivity index (χ3n) is 7.73. The van der Waals surface area contributed by atoms with Gasteiger partial charge in [-0.2, -0.15) is 0 Å². The fourth-order valence-electron chi connectivity index (χ4n) is 4.69. The van der Waals surface area contributed by atoms with E-state index in [1.54, 1.807) is 12.3 Å². The lowest BCUT2D eigenvalue weighted by atomic mass is 10.0. The Morgan fingerprint density at radius 3 is 1.71 bits per heavy atom. The van der Waals surface area contributed by atoms with Crippen molar-refractivity contribution in [2.75, 3.05) is 18.5 Å². The molecule has 0 aliphatic rings. The average molecular weight is 564 g/mol. The maximum Gasteiger partial charge on any atom is 0.187 e. The molecule has 0 aliphatic heterocycles. The van der Waals surface area contributed by atoms with Crippen molar-refractivity contribution >= 4 is 11.5 Å². The zero-order chi connectivity index (χ0) is 29.4. The molecule has 0 unspecified atom stereocenters. The van der Waals surface area contributed by atoms with E-state index in [9.17, 15) is 4.79 Å². The summed E-state index contributed by atoms with van der Waals surface area (Å²) in [7, 11) is 0. The van der Waals surface area contributed by atoms with Gasteiger partial charge in [-0.15, -0.1) is 0 Å². The Bertz CT molecular complexity index is 936. The van der Waals surface area contributed by atoms with E-state index in [0.29, 0.717) is 18.1 Å². The van der Waals surface area contributed by atoms with Crippen molar-refractivity contribution in [3.05, 3.63) is 66.4 Å². The molecule has 0 bridgehead atoms. The number of benzene rings is 2. The third kappa shape index (κ3) is 17.0. The lowest BCUT2D eigenvalue weighted by Gasteiger charge is -2.10. The average Bonchev–Trinajstić information content (AvgIpc) is 3.00. The molecule has 0 aliphatic carbocycles. The first-order valence-electron chi connectivity index (χ1n) is 16.6. The number of nitrogens with one attached hydrogen (secondary N) is 1. The molecule has 0 saturated heterocycles. The van der Waals surface area contributed by atoms with Crippen molar-refractivity contribution in [1.82, 2.24) is 0 Å². The summed E-state index contributed by atoms with van der Waals surface area (Å²) in [6.45, 7) is 8.06. The van der Waals surface area contributed by atoms with Crippen molar-refractivity contribution in [1.29, 1.82) is 0 Å². The van der Waals surface area contributed by atoms with Crippen LogP contribution in [0.1, 0.15) is 134 Å². The summed E-state index contributed by atoms with van der Waals surface area (Å²) in [4.78, 5) is 12.5. The first kappa shape index (κ1) is 34.5. The van der Waals surface area contributed by atoms with Crippen LogP contribution in [0.4, 0.5) is 5.69 Å². The second-order valence-corrected chi connectivity index (χ2v) is 11.5. The number of ketones is 1. The lowest BCUT2D eigenvalue weighted by Crippen LogP contribution is -2.07. The van der Waals surface area contributed by atoms with Crippen molar-refractivity contribution in [2.45, 2.75) is 124 Å². The lowest BCUT2D eigenvalue weighted by molar-refractivity contribution is 0.104. The van der Waals surface area contributed by atoms with Crippen LogP contribution in [0.25, 0.3) is 0 Å². The predicted molar refractivity (Wildman–Crippen MR) is 175 cm³/mol. The van der Waals surface area contributed by atoms with Gasteiger partial charge in [0.15, 0.2) is 5.78 Å². The van der Waals surface area contributed by atoms with E-state index in [2.05, 4.69) is 26.1 Å². The van der Waals surface area contributed by atoms with E-state index in [1.165, 1.54) is 89.9 Å². The molecule has 0 aromatic heterocycles. The highest BCUT2D eigenvalue weighted by Crippen LogP contribution is 2.18. The molecule has 0 radical (unpaired) electrons. The van der Waals surface area contributed by atoms with Gasteiger partial charge >= 0.3 is 0 Å². The predicted octanol–water partition coefficient (Wildman–Crippen LogP) is 11.2. The van der Waals surface area contributed by atoms with E-state index in [0.717, 1.165) is 36.6 Å². The topological polar surface area (TPSA) is 47.6 Å². The molecule has 0 amide bonds. The maximum atomic E-state index is 12.5. The Morgan fingerprint density at radius 2 is 1.17 bits per heavy atom. The van der Waals surface area contributed by atoms with Crippen LogP contribution in [0.3, 0.4) is 0 Å². The standard InChI is InChI=1S/C37H57NO3/c1-4-6-7-8-9-10-11-12-13-14-15-16-17-18-19-30-40-35-26-22-34(23-27-35)38-29-28-37(39)33-20-24-36(25-21-33)41-31-32(3)5-2/h20-29,32,38H,4-19,30-31H2,1-3H3/b29-28+/t32-/m1/s1. The number of anilines is 1. The van der Waals surface area contributed by atoms with Gasteiger partial charge in [-0.3, -0.25) is 4.79 Å². The van der Waals surface area contributed by atoms with Crippen molar-refractivity contribution in [2.24, 2.45) is 5.92 Å². The molecule has 0 heterocycles. The van der Waals surface area contributed by atoms with E-state index in [1.807, 2.05) is 48.5 Å². The highest BCUT2D eigenvalue weighted by molar-refractivity contribution is 6.04. The second kappa shape index (κ2) is 22.9. The molecule has 0 saturated carbocycles. The van der Waals surface area contributed by atoms with Crippen LogP contribution in [0.2, 0.25) is 0 Å². The molecular formula is C37H57NO3. The zero-order valence-corrected chi connectivity index (χ0v) is 26.3. The first-order valence-corrected chi connectivity index (χ1v) is 16.6. The summed E-state index contributed by atoms with van der Waals surface area (Å²) in [6.07, 6.45) is 24.9. The fraction of sp³-hybridized carbons (Fsp3) is 0.595. The molecule has 2 aromatic carbocycles. The minimum atomic E-state index is -0.0468. The Kier molecular flexibility index (Phi) is 19.2. The molecule has 0 fully saturated rings. The quantitative estimate of drug-likeness (QED) is 0.0741. The fourth-order valence-corrected chi connectivity index (χ4v) is 4.69. The molecule has 0 spiro atoms. The molecule has 4 nitrogen and oxygen atoms in total. The van der Waals surface area contributed by atoms with Crippen LogP contribution in [0.5, 0.6) is 11.5 Å². The largest absolute Gasteiger partial charge is 0.494 e. The van der Waals surface area contributed by atoms with Crippen LogP contribution >= 0.6 is 0 Å². The number of ether oxygens (including phenoxy) is 2. The molecule has 1 atom stereocenters. The summed E-state index contributed by atoms with van der Waals surface area (Å²) < 4.78 is 11.7. The molecular weight excluding hydrogens is 506 g/mol. The summed E-state index contributed by atoms with van der Waals surface area (Å²) in [5.41, 5.74) is 1.56. The molecule has 228 valence electrons. The number of carbonyl (C=O) groups excluding carboxylic acids is 1. The normalized spacial score (nSPS) is 12.0. The van der Waals surface area contributed by atoms with Gasteiger partial charge in [0.2, 0.25) is 0 Å². The van der Waals surface area contributed by atoms with Gasteiger partial charge in [0.05, 0.1) is 13.2 Å². The summed E-state index contributed by atoms with van der Waals surface area (Å²) in [5.74, 6) is 2.15. The first-order chi connectivity index (χ1) is 20.1. The number of rotatable bonds is 25. The Labute approximate surface area is 251 Å². The van der Waals surface area contributed by atoms with Gasteiger partial charge < -0.3 is 14.8 Å². The number of allylic oxidation sites excluding steroid dienone is 1. The van der Waals surface area contributed by atoms with Crippen LogP contribution in [0, 0.1) is 5.92 Å².